The van der Waals surface area contributed by atoms with Crippen molar-refractivity contribution in [3.05, 3.63) is 16.3 Å². The highest BCUT2D eigenvalue weighted by Crippen LogP contribution is 2.21. The minimum absolute atomic E-state index is 0.0345. The number of carbonyl (C=O) groups is 1. The predicted octanol–water partition coefficient (Wildman–Crippen LogP) is 2.22. The Bertz CT molecular complexity index is 350. The van der Waals surface area contributed by atoms with Crippen molar-refractivity contribution in [2.45, 2.75) is 33.4 Å². The average Bonchev–Trinajstić information content (AvgIpc) is 2.64. The number of nitrogens with one attached hydrogen (secondary N) is 2. The van der Waals surface area contributed by atoms with Gasteiger partial charge < -0.3 is 15.4 Å². The SMILES string of the molecule is CC(=O)Nc1ccsc1CNCCOC(C)C. The Morgan fingerprint density at radius 1 is 1.53 bits per heavy atom. The predicted molar refractivity (Wildman–Crippen MR) is 71.4 cm³/mol. The van der Waals surface area contributed by atoms with Crippen molar-refractivity contribution < 1.29 is 9.53 Å². The molecule has 0 saturated carbocycles. The molecule has 1 amide bonds. The molecule has 96 valence electrons. The summed E-state index contributed by atoms with van der Waals surface area (Å²) in [5, 5.41) is 8.08. The van der Waals surface area contributed by atoms with Gasteiger partial charge in [-0.05, 0) is 25.3 Å². The molecule has 0 unspecified atom stereocenters. The van der Waals surface area contributed by atoms with Crippen LogP contribution < -0.4 is 10.6 Å². The largest absolute Gasteiger partial charge is 0.377 e. The molecule has 0 aliphatic heterocycles. The van der Waals surface area contributed by atoms with Crippen molar-refractivity contribution in [1.29, 1.82) is 0 Å². The highest BCUT2D eigenvalue weighted by Gasteiger charge is 2.04. The topological polar surface area (TPSA) is 50.4 Å². The molecule has 0 fully saturated rings. The van der Waals surface area contributed by atoms with Gasteiger partial charge in [-0.3, -0.25) is 4.79 Å². The number of thiophene rings is 1. The summed E-state index contributed by atoms with van der Waals surface area (Å²) in [6.45, 7) is 7.84. The van der Waals surface area contributed by atoms with Gasteiger partial charge in [0.05, 0.1) is 18.4 Å². The first-order valence-electron chi connectivity index (χ1n) is 5.76. The van der Waals surface area contributed by atoms with Gasteiger partial charge in [0, 0.05) is 24.9 Å². The molecule has 0 aliphatic carbocycles. The van der Waals surface area contributed by atoms with Crippen LogP contribution in [0.15, 0.2) is 11.4 Å². The number of hydrogen-bond donors (Lipinski definition) is 2. The van der Waals surface area contributed by atoms with Crippen molar-refractivity contribution in [3.8, 4) is 0 Å². The minimum Gasteiger partial charge on any atom is -0.377 e. The fraction of sp³-hybridized carbons (Fsp3) is 0.583. The van der Waals surface area contributed by atoms with Crippen LogP contribution in [0.3, 0.4) is 0 Å². The standard InChI is InChI=1S/C12H20N2O2S/c1-9(2)16-6-5-13-8-12-11(4-7-17-12)14-10(3)15/h4,7,9,13H,5-6,8H2,1-3H3,(H,14,15). The van der Waals surface area contributed by atoms with E-state index in [4.69, 9.17) is 4.74 Å². The van der Waals surface area contributed by atoms with Gasteiger partial charge in [0.1, 0.15) is 0 Å². The van der Waals surface area contributed by atoms with E-state index >= 15 is 0 Å². The van der Waals surface area contributed by atoms with Crippen LogP contribution >= 0.6 is 11.3 Å². The molecule has 0 atom stereocenters. The third-order valence-corrected chi connectivity index (χ3v) is 2.99. The molecule has 2 N–H and O–H groups in total. The summed E-state index contributed by atoms with van der Waals surface area (Å²) in [4.78, 5) is 12.1. The first kappa shape index (κ1) is 14.2. The third-order valence-electron chi connectivity index (χ3n) is 2.07. The van der Waals surface area contributed by atoms with Gasteiger partial charge in [0.25, 0.3) is 0 Å². The number of anilines is 1. The Morgan fingerprint density at radius 2 is 2.29 bits per heavy atom. The van der Waals surface area contributed by atoms with E-state index in [1.807, 2.05) is 25.3 Å². The quantitative estimate of drug-likeness (QED) is 0.735. The maximum atomic E-state index is 11.0. The summed E-state index contributed by atoms with van der Waals surface area (Å²) < 4.78 is 5.43. The molecule has 0 aromatic carbocycles. The molecular weight excluding hydrogens is 236 g/mol. The molecular formula is C12H20N2O2S. The Hall–Kier alpha value is -0.910. The van der Waals surface area contributed by atoms with Gasteiger partial charge in [-0.1, -0.05) is 0 Å². The zero-order valence-electron chi connectivity index (χ0n) is 10.6. The molecule has 0 spiro atoms. The molecule has 0 bridgehead atoms. The number of ether oxygens (including phenoxy) is 1. The number of carbonyl (C=O) groups excluding carboxylic acids is 1. The van der Waals surface area contributed by atoms with Crippen molar-refractivity contribution in [1.82, 2.24) is 5.32 Å². The minimum atomic E-state index is -0.0345. The molecule has 0 saturated heterocycles. The molecule has 4 nitrogen and oxygen atoms in total. The van der Waals surface area contributed by atoms with Gasteiger partial charge in [-0.25, -0.2) is 0 Å². The lowest BCUT2D eigenvalue weighted by molar-refractivity contribution is -0.114. The van der Waals surface area contributed by atoms with E-state index in [0.717, 1.165) is 23.7 Å². The van der Waals surface area contributed by atoms with E-state index in [2.05, 4.69) is 10.6 Å². The van der Waals surface area contributed by atoms with Crippen LogP contribution in [0.1, 0.15) is 25.6 Å². The first-order valence-corrected chi connectivity index (χ1v) is 6.64. The molecule has 1 aromatic heterocycles. The van der Waals surface area contributed by atoms with E-state index in [9.17, 15) is 4.79 Å². The van der Waals surface area contributed by atoms with Crippen LogP contribution in [0.5, 0.6) is 0 Å². The Kier molecular flexibility index (Phi) is 6.18. The van der Waals surface area contributed by atoms with Gasteiger partial charge in [-0.2, -0.15) is 0 Å². The lowest BCUT2D eigenvalue weighted by Crippen LogP contribution is -2.21. The molecule has 0 radical (unpaired) electrons. The van der Waals surface area contributed by atoms with Gasteiger partial charge >= 0.3 is 0 Å². The second kappa shape index (κ2) is 7.42. The number of rotatable bonds is 7. The van der Waals surface area contributed by atoms with Crippen LogP contribution in [-0.4, -0.2) is 25.2 Å². The summed E-state index contributed by atoms with van der Waals surface area (Å²) in [5.74, 6) is -0.0345. The lowest BCUT2D eigenvalue weighted by atomic mass is 10.3. The Labute approximate surface area is 106 Å². The molecule has 1 rings (SSSR count). The second-order valence-electron chi connectivity index (χ2n) is 4.03. The third kappa shape index (κ3) is 5.81. The van der Waals surface area contributed by atoms with E-state index < -0.39 is 0 Å². The van der Waals surface area contributed by atoms with Crippen LogP contribution in [-0.2, 0) is 16.1 Å². The number of hydrogen-bond acceptors (Lipinski definition) is 4. The summed E-state index contributed by atoms with van der Waals surface area (Å²) in [6, 6.07) is 1.92. The van der Waals surface area contributed by atoms with Gasteiger partial charge in [0.2, 0.25) is 5.91 Å². The van der Waals surface area contributed by atoms with Crippen molar-refractivity contribution in [3.63, 3.8) is 0 Å². The zero-order valence-corrected chi connectivity index (χ0v) is 11.4. The summed E-state index contributed by atoms with van der Waals surface area (Å²) in [7, 11) is 0. The molecule has 17 heavy (non-hydrogen) atoms. The highest BCUT2D eigenvalue weighted by molar-refractivity contribution is 7.10. The monoisotopic (exact) mass is 256 g/mol. The second-order valence-corrected chi connectivity index (χ2v) is 5.04. The Balaban J connectivity index is 2.27. The van der Waals surface area contributed by atoms with Crippen LogP contribution in [0.2, 0.25) is 0 Å². The summed E-state index contributed by atoms with van der Waals surface area (Å²) in [5.41, 5.74) is 0.903. The van der Waals surface area contributed by atoms with E-state index in [1.165, 1.54) is 6.92 Å². The van der Waals surface area contributed by atoms with Gasteiger partial charge in [-0.15, -0.1) is 11.3 Å². The molecule has 1 aromatic rings. The fourth-order valence-corrected chi connectivity index (χ4v) is 2.15. The fourth-order valence-electron chi connectivity index (χ4n) is 1.35. The molecule has 1 heterocycles. The van der Waals surface area contributed by atoms with Crippen LogP contribution in [0, 0.1) is 0 Å². The van der Waals surface area contributed by atoms with E-state index in [1.54, 1.807) is 11.3 Å². The normalized spacial score (nSPS) is 10.8. The average molecular weight is 256 g/mol. The lowest BCUT2D eigenvalue weighted by Gasteiger charge is -2.09. The Morgan fingerprint density at radius 3 is 2.94 bits per heavy atom. The van der Waals surface area contributed by atoms with Crippen LogP contribution in [0.25, 0.3) is 0 Å². The van der Waals surface area contributed by atoms with Crippen molar-refractivity contribution in [2.24, 2.45) is 0 Å². The maximum Gasteiger partial charge on any atom is 0.221 e. The van der Waals surface area contributed by atoms with Crippen molar-refractivity contribution in [2.75, 3.05) is 18.5 Å². The first-order chi connectivity index (χ1) is 8.09. The van der Waals surface area contributed by atoms with E-state index in [0.29, 0.717) is 6.61 Å². The zero-order chi connectivity index (χ0) is 12.7. The summed E-state index contributed by atoms with van der Waals surface area (Å²) in [6.07, 6.45) is 0.272. The number of amides is 1. The van der Waals surface area contributed by atoms with Crippen LogP contribution in [0.4, 0.5) is 5.69 Å². The maximum absolute atomic E-state index is 11.0. The van der Waals surface area contributed by atoms with E-state index in [-0.39, 0.29) is 12.0 Å². The smallest absolute Gasteiger partial charge is 0.221 e. The van der Waals surface area contributed by atoms with Crippen molar-refractivity contribution >= 4 is 22.9 Å². The molecule has 0 aliphatic rings. The molecule has 5 heteroatoms. The van der Waals surface area contributed by atoms with Gasteiger partial charge in [0.15, 0.2) is 0 Å². The highest BCUT2D eigenvalue weighted by atomic mass is 32.1. The summed E-state index contributed by atoms with van der Waals surface area (Å²) >= 11 is 1.64.